The van der Waals surface area contributed by atoms with Crippen LogP contribution in [0.2, 0.25) is 0 Å². The molecule has 1 aromatic heterocycles. The summed E-state index contributed by atoms with van der Waals surface area (Å²) in [5.74, 6) is 1.49. The molecule has 102 valence electrons. The number of hydrogen-bond donors (Lipinski definition) is 2. The molecule has 5 nitrogen and oxygen atoms in total. The van der Waals surface area contributed by atoms with Crippen LogP contribution in [0.5, 0.6) is 0 Å². The molecule has 0 saturated carbocycles. The maximum Gasteiger partial charge on any atom is 0.242 e. The van der Waals surface area contributed by atoms with Gasteiger partial charge in [0.05, 0.1) is 11.7 Å². The van der Waals surface area contributed by atoms with Crippen LogP contribution < -0.4 is 11.1 Å². The molecular formula is C12H22N4OS. The van der Waals surface area contributed by atoms with Gasteiger partial charge in [-0.2, -0.15) is 16.9 Å². The van der Waals surface area contributed by atoms with Crippen LogP contribution in [0.15, 0.2) is 6.07 Å². The minimum atomic E-state index is -0.456. The second-order valence-electron chi connectivity index (χ2n) is 4.27. The van der Waals surface area contributed by atoms with Crippen molar-refractivity contribution in [3.63, 3.8) is 0 Å². The molecule has 3 N–H and O–H groups in total. The van der Waals surface area contributed by atoms with Crippen molar-refractivity contribution in [1.82, 2.24) is 9.78 Å². The molecule has 0 aromatic carbocycles. The first kappa shape index (κ1) is 15.0. The number of carbonyl (C=O) groups is 1. The zero-order valence-corrected chi connectivity index (χ0v) is 12.1. The van der Waals surface area contributed by atoms with E-state index < -0.39 is 6.04 Å². The lowest BCUT2D eigenvalue weighted by molar-refractivity contribution is -0.117. The lowest BCUT2D eigenvalue weighted by Gasteiger charge is -2.12. The third kappa shape index (κ3) is 4.34. The van der Waals surface area contributed by atoms with Gasteiger partial charge >= 0.3 is 0 Å². The van der Waals surface area contributed by atoms with Crippen molar-refractivity contribution in [3.8, 4) is 0 Å². The van der Waals surface area contributed by atoms with E-state index in [1.165, 1.54) is 0 Å². The first-order valence-corrected chi connectivity index (χ1v) is 7.57. The summed E-state index contributed by atoms with van der Waals surface area (Å²) in [6, 6.07) is 1.41. The second kappa shape index (κ2) is 7.43. The number of aromatic nitrogens is 2. The van der Waals surface area contributed by atoms with E-state index >= 15 is 0 Å². The van der Waals surface area contributed by atoms with Crippen molar-refractivity contribution in [3.05, 3.63) is 11.8 Å². The van der Waals surface area contributed by atoms with Gasteiger partial charge in [0.25, 0.3) is 0 Å². The van der Waals surface area contributed by atoms with E-state index in [0.29, 0.717) is 6.42 Å². The third-order valence-corrected chi connectivity index (χ3v) is 3.20. The Bertz CT molecular complexity index is 391. The van der Waals surface area contributed by atoms with E-state index in [4.69, 9.17) is 5.73 Å². The molecule has 0 radical (unpaired) electrons. The van der Waals surface area contributed by atoms with Crippen molar-refractivity contribution >= 4 is 23.5 Å². The Balaban J connectivity index is 2.63. The molecule has 0 bridgehead atoms. The molecule has 1 heterocycles. The summed E-state index contributed by atoms with van der Waals surface area (Å²) in [5, 5.41) is 7.18. The monoisotopic (exact) mass is 270 g/mol. The summed E-state index contributed by atoms with van der Waals surface area (Å²) < 4.78 is 1.81. The number of thioether (sulfide) groups is 1. The summed E-state index contributed by atoms with van der Waals surface area (Å²) in [4.78, 5) is 11.9. The summed E-state index contributed by atoms with van der Waals surface area (Å²) in [6.07, 6.45) is 3.67. The molecule has 6 heteroatoms. The molecule has 0 fully saturated rings. The molecule has 0 saturated heterocycles. The summed E-state index contributed by atoms with van der Waals surface area (Å²) >= 11 is 1.69. The minimum absolute atomic E-state index is 0.138. The number of nitrogens with one attached hydrogen (secondary N) is 1. The van der Waals surface area contributed by atoms with Gasteiger partial charge in [-0.05, 0) is 31.8 Å². The van der Waals surface area contributed by atoms with Gasteiger partial charge in [0, 0.05) is 12.6 Å². The van der Waals surface area contributed by atoms with Crippen molar-refractivity contribution < 1.29 is 4.79 Å². The van der Waals surface area contributed by atoms with Gasteiger partial charge in [0.2, 0.25) is 5.91 Å². The minimum Gasteiger partial charge on any atom is -0.320 e. The number of hydrogen-bond acceptors (Lipinski definition) is 4. The van der Waals surface area contributed by atoms with Crippen LogP contribution in [0.4, 0.5) is 5.82 Å². The molecule has 18 heavy (non-hydrogen) atoms. The first-order chi connectivity index (χ1) is 8.58. The Morgan fingerprint density at radius 2 is 2.39 bits per heavy atom. The fourth-order valence-electron chi connectivity index (χ4n) is 1.62. The molecule has 0 unspecified atom stereocenters. The Morgan fingerprint density at radius 1 is 1.67 bits per heavy atom. The van der Waals surface area contributed by atoms with Gasteiger partial charge in [0.15, 0.2) is 0 Å². The molecule has 0 aliphatic heterocycles. The molecule has 1 rings (SSSR count). The van der Waals surface area contributed by atoms with Crippen molar-refractivity contribution in [2.24, 2.45) is 5.73 Å². The predicted molar refractivity (Wildman–Crippen MR) is 76.9 cm³/mol. The van der Waals surface area contributed by atoms with Crippen LogP contribution in [0.3, 0.4) is 0 Å². The van der Waals surface area contributed by atoms with Gasteiger partial charge in [0.1, 0.15) is 5.82 Å². The zero-order chi connectivity index (χ0) is 13.5. The zero-order valence-electron chi connectivity index (χ0n) is 11.3. The molecule has 1 amide bonds. The molecule has 0 aliphatic carbocycles. The topological polar surface area (TPSA) is 72.9 Å². The highest BCUT2D eigenvalue weighted by molar-refractivity contribution is 7.98. The quantitative estimate of drug-likeness (QED) is 0.789. The number of rotatable bonds is 7. The second-order valence-corrected chi connectivity index (χ2v) is 5.26. The van der Waals surface area contributed by atoms with E-state index in [9.17, 15) is 4.79 Å². The lowest BCUT2D eigenvalue weighted by Crippen LogP contribution is -2.36. The number of nitrogens with two attached hydrogens (primary N) is 1. The van der Waals surface area contributed by atoms with Crippen LogP contribution in [0, 0.1) is 6.92 Å². The van der Waals surface area contributed by atoms with Crippen LogP contribution in [0.1, 0.15) is 25.5 Å². The average Bonchev–Trinajstić information content (AvgIpc) is 2.67. The Hall–Kier alpha value is -1.01. The maximum absolute atomic E-state index is 11.9. The van der Waals surface area contributed by atoms with Gasteiger partial charge in [-0.25, -0.2) is 4.68 Å². The lowest BCUT2D eigenvalue weighted by atomic mass is 10.2. The van der Waals surface area contributed by atoms with Crippen LogP contribution in [-0.4, -0.2) is 33.7 Å². The standard InChI is InChI=1S/C12H22N4OS/c1-4-6-16-11(8-9(2)15-16)14-12(17)10(13)5-7-18-3/h8,10H,4-7,13H2,1-3H3,(H,14,17)/t10-/m0/s1. The molecule has 1 aromatic rings. The molecule has 0 spiro atoms. The third-order valence-electron chi connectivity index (χ3n) is 2.56. The maximum atomic E-state index is 11.9. The number of carbonyl (C=O) groups excluding carboxylic acids is 1. The Labute approximate surface area is 112 Å². The molecule has 1 atom stereocenters. The average molecular weight is 270 g/mol. The van der Waals surface area contributed by atoms with Gasteiger partial charge in [-0.3, -0.25) is 4.79 Å². The number of amides is 1. The summed E-state index contributed by atoms with van der Waals surface area (Å²) in [6.45, 7) is 4.78. The van der Waals surface area contributed by atoms with Crippen molar-refractivity contribution in [1.29, 1.82) is 0 Å². The summed E-state index contributed by atoms with van der Waals surface area (Å²) in [5.41, 5.74) is 6.73. The van der Waals surface area contributed by atoms with Gasteiger partial charge < -0.3 is 11.1 Å². The number of aryl methyl sites for hydroxylation is 2. The molecule has 0 aliphatic rings. The van der Waals surface area contributed by atoms with E-state index in [2.05, 4.69) is 17.3 Å². The highest BCUT2D eigenvalue weighted by Crippen LogP contribution is 2.11. The number of nitrogens with zero attached hydrogens (tertiary/aromatic N) is 2. The predicted octanol–water partition coefficient (Wildman–Crippen LogP) is 1.62. The highest BCUT2D eigenvalue weighted by atomic mass is 32.2. The Morgan fingerprint density at radius 3 is 3.00 bits per heavy atom. The van der Waals surface area contributed by atoms with E-state index in [1.54, 1.807) is 11.8 Å². The SMILES string of the molecule is CCCn1nc(C)cc1NC(=O)[C@@H](N)CCSC. The molecular weight excluding hydrogens is 248 g/mol. The van der Waals surface area contributed by atoms with Gasteiger partial charge in [-0.1, -0.05) is 6.92 Å². The van der Waals surface area contributed by atoms with Crippen LogP contribution in [0.25, 0.3) is 0 Å². The largest absolute Gasteiger partial charge is 0.320 e. The number of anilines is 1. The van der Waals surface area contributed by atoms with Crippen LogP contribution >= 0.6 is 11.8 Å². The van der Waals surface area contributed by atoms with E-state index in [1.807, 2.05) is 23.9 Å². The Kier molecular flexibility index (Phi) is 6.21. The fourth-order valence-corrected chi connectivity index (χ4v) is 2.11. The van der Waals surface area contributed by atoms with E-state index in [-0.39, 0.29) is 5.91 Å². The van der Waals surface area contributed by atoms with E-state index in [0.717, 1.165) is 30.2 Å². The van der Waals surface area contributed by atoms with Gasteiger partial charge in [-0.15, -0.1) is 0 Å². The van der Waals surface area contributed by atoms with Crippen LogP contribution in [-0.2, 0) is 11.3 Å². The first-order valence-electron chi connectivity index (χ1n) is 6.18. The van der Waals surface area contributed by atoms with Crippen molar-refractivity contribution in [2.75, 3.05) is 17.3 Å². The fraction of sp³-hybridized carbons (Fsp3) is 0.667. The highest BCUT2D eigenvalue weighted by Gasteiger charge is 2.15. The van der Waals surface area contributed by atoms with Crippen molar-refractivity contribution in [2.45, 2.75) is 39.3 Å². The summed E-state index contributed by atoms with van der Waals surface area (Å²) in [7, 11) is 0. The smallest absolute Gasteiger partial charge is 0.242 e. The normalized spacial score (nSPS) is 12.4.